The first kappa shape index (κ1) is 13.4. The van der Waals surface area contributed by atoms with Crippen LogP contribution in [-0.4, -0.2) is 19.8 Å². The molecule has 4 aromatic rings. The minimum absolute atomic E-state index is 0.156. The van der Waals surface area contributed by atoms with Crippen LogP contribution in [0, 0.1) is 17.5 Å². The number of thiophene rings is 1. The smallest absolute Gasteiger partial charge is 0.204 e. The van der Waals surface area contributed by atoms with Crippen LogP contribution in [0.1, 0.15) is 0 Å². The van der Waals surface area contributed by atoms with Gasteiger partial charge >= 0.3 is 0 Å². The Kier molecular flexibility index (Phi) is 2.98. The van der Waals surface area contributed by atoms with Crippen molar-refractivity contribution in [3.05, 3.63) is 46.4 Å². The maximum absolute atomic E-state index is 13.3. The van der Waals surface area contributed by atoms with E-state index in [4.69, 9.17) is 0 Å². The Morgan fingerprint density at radius 1 is 1.00 bits per heavy atom. The highest BCUT2D eigenvalue weighted by atomic mass is 32.1. The number of nitrogens with zero attached hydrogens (tertiary/aromatic N) is 4. The fourth-order valence-corrected chi connectivity index (χ4v) is 3.45. The van der Waals surface area contributed by atoms with E-state index in [1.165, 1.54) is 15.9 Å². The molecule has 3 heterocycles. The summed E-state index contributed by atoms with van der Waals surface area (Å²) in [6.45, 7) is 0. The van der Waals surface area contributed by atoms with Crippen LogP contribution in [0.4, 0.5) is 13.2 Å². The van der Waals surface area contributed by atoms with E-state index in [-0.39, 0.29) is 5.56 Å². The lowest BCUT2D eigenvalue weighted by Crippen LogP contribution is -1.93. The van der Waals surface area contributed by atoms with Crippen molar-refractivity contribution in [1.82, 2.24) is 19.8 Å². The molecule has 9 heteroatoms. The molecule has 0 aliphatic carbocycles. The summed E-state index contributed by atoms with van der Waals surface area (Å²) in [7, 11) is 0. The largest absolute Gasteiger partial charge is 0.235 e. The Hall–Kier alpha value is -2.26. The van der Waals surface area contributed by atoms with Crippen molar-refractivity contribution in [3.8, 4) is 22.0 Å². The molecule has 1 aromatic carbocycles. The van der Waals surface area contributed by atoms with E-state index < -0.39 is 17.5 Å². The zero-order chi connectivity index (χ0) is 15.3. The van der Waals surface area contributed by atoms with Crippen molar-refractivity contribution in [2.24, 2.45) is 0 Å². The summed E-state index contributed by atoms with van der Waals surface area (Å²) in [6.07, 6.45) is 0. The molecule has 0 bridgehead atoms. The topological polar surface area (TPSA) is 43.1 Å². The molecule has 0 unspecified atom stereocenters. The second kappa shape index (κ2) is 4.89. The normalized spacial score (nSPS) is 11.4. The van der Waals surface area contributed by atoms with E-state index in [0.29, 0.717) is 15.8 Å². The van der Waals surface area contributed by atoms with Gasteiger partial charge in [0.15, 0.2) is 23.3 Å². The fourth-order valence-electron chi connectivity index (χ4n) is 1.98. The molecule has 3 aromatic heterocycles. The van der Waals surface area contributed by atoms with Gasteiger partial charge in [-0.15, -0.1) is 10.2 Å². The van der Waals surface area contributed by atoms with Gasteiger partial charge in [-0.1, -0.05) is 11.3 Å². The average molecular weight is 338 g/mol. The third kappa shape index (κ3) is 2.01. The zero-order valence-corrected chi connectivity index (χ0v) is 12.3. The predicted octanol–water partition coefficient (Wildman–Crippen LogP) is 4.00. The van der Waals surface area contributed by atoms with E-state index in [9.17, 15) is 13.2 Å². The van der Waals surface area contributed by atoms with Gasteiger partial charge in [0.25, 0.3) is 0 Å². The van der Waals surface area contributed by atoms with Crippen LogP contribution >= 0.6 is 22.7 Å². The van der Waals surface area contributed by atoms with Crippen LogP contribution in [0.25, 0.3) is 26.9 Å². The minimum Gasteiger partial charge on any atom is -0.204 e. The maximum atomic E-state index is 13.3. The number of fused-ring (bicyclic) bond motifs is 1. The van der Waals surface area contributed by atoms with Gasteiger partial charge in [0.05, 0.1) is 0 Å². The summed E-state index contributed by atoms with van der Waals surface area (Å²) >= 11 is 2.63. The fraction of sp³-hybridized carbons (Fsp3) is 0. The van der Waals surface area contributed by atoms with Gasteiger partial charge < -0.3 is 0 Å². The molecule has 0 saturated carbocycles. The SMILES string of the molecule is Fc1cc(-c2nn3c(-c4ccsc4)nnc3s2)cc(F)c1F. The molecule has 0 spiro atoms. The summed E-state index contributed by atoms with van der Waals surface area (Å²) in [6, 6.07) is 3.69. The molecule has 4 nitrogen and oxygen atoms in total. The Bertz CT molecular complexity index is 952. The third-order valence-electron chi connectivity index (χ3n) is 3.00. The second-order valence-electron chi connectivity index (χ2n) is 4.39. The Balaban J connectivity index is 1.87. The number of halogens is 3. The number of benzene rings is 1. The molecular weight excluding hydrogens is 333 g/mol. The predicted molar refractivity (Wildman–Crippen MR) is 77.3 cm³/mol. The molecule has 4 rings (SSSR count). The number of hydrogen-bond acceptors (Lipinski definition) is 5. The first-order chi connectivity index (χ1) is 10.6. The van der Waals surface area contributed by atoms with Gasteiger partial charge in [0, 0.05) is 16.5 Å². The van der Waals surface area contributed by atoms with Crippen LogP contribution in [0.3, 0.4) is 0 Å². The van der Waals surface area contributed by atoms with Gasteiger partial charge in [-0.05, 0) is 23.6 Å². The Labute approximate surface area is 129 Å². The molecule has 0 radical (unpaired) electrons. The van der Waals surface area contributed by atoms with Crippen LogP contribution in [-0.2, 0) is 0 Å². The van der Waals surface area contributed by atoms with Crippen LogP contribution in [0.15, 0.2) is 29.0 Å². The molecule has 0 atom stereocenters. The van der Waals surface area contributed by atoms with Crippen LogP contribution in [0.2, 0.25) is 0 Å². The number of rotatable bonds is 2. The van der Waals surface area contributed by atoms with E-state index in [1.54, 1.807) is 0 Å². The van der Waals surface area contributed by atoms with Crippen LogP contribution < -0.4 is 0 Å². The molecule has 0 aliphatic rings. The summed E-state index contributed by atoms with van der Waals surface area (Å²) < 4.78 is 41.2. The van der Waals surface area contributed by atoms with Gasteiger partial charge in [-0.2, -0.15) is 21.0 Å². The highest BCUT2D eigenvalue weighted by Gasteiger charge is 2.17. The molecule has 0 saturated heterocycles. The van der Waals surface area contributed by atoms with E-state index in [0.717, 1.165) is 29.0 Å². The van der Waals surface area contributed by atoms with Crippen molar-refractivity contribution in [1.29, 1.82) is 0 Å². The summed E-state index contributed by atoms with van der Waals surface area (Å²) in [5.41, 5.74) is 1.01. The Morgan fingerprint density at radius 2 is 1.77 bits per heavy atom. The molecule has 0 amide bonds. The lowest BCUT2D eigenvalue weighted by Gasteiger charge is -1.99. The van der Waals surface area contributed by atoms with E-state index in [2.05, 4.69) is 15.3 Å². The number of hydrogen-bond donors (Lipinski definition) is 0. The standard InChI is InChI=1S/C13H5F3N4S2/c14-8-3-7(4-9(15)10(8)16)12-19-20-11(6-1-2-21-5-6)17-18-13(20)22-12/h1-5H. The molecule has 110 valence electrons. The molecular formula is C13H5F3N4S2. The van der Waals surface area contributed by atoms with Crippen molar-refractivity contribution in [2.75, 3.05) is 0 Å². The summed E-state index contributed by atoms with van der Waals surface area (Å²) in [4.78, 5) is 0.487. The maximum Gasteiger partial charge on any atom is 0.235 e. The Morgan fingerprint density at radius 3 is 2.45 bits per heavy atom. The van der Waals surface area contributed by atoms with Gasteiger partial charge in [0.2, 0.25) is 4.96 Å². The van der Waals surface area contributed by atoms with Gasteiger partial charge in [-0.3, -0.25) is 0 Å². The molecule has 0 aliphatic heterocycles. The highest BCUT2D eigenvalue weighted by molar-refractivity contribution is 7.19. The van der Waals surface area contributed by atoms with Crippen molar-refractivity contribution < 1.29 is 13.2 Å². The van der Waals surface area contributed by atoms with E-state index >= 15 is 0 Å². The lowest BCUT2D eigenvalue weighted by molar-refractivity contribution is 0.447. The number of aromatic nitrogens is 4. The monoisotopic (exact) mass is 338 g/mol. The van der Waals surface area contributed by atoms with E-state index in [1.807, 2.05) is 16.8 Å². The second-order valence-corrected chi connectivity index (χ2v) is 6.13. The molecule has 0 N–H and O–H groups in total. The summed E-state index contributed by atoms with van der Waals surface area (Å²) in [5.74, 6) is -3.45. The van der Waals surface area contributed by atoms with Crippen molar-refractivity contribution in [2.45, 2.75) is 0 Å². The third-order valence-corrected chi connectivity index (χ3v) is 4.63. The first-order valence-corrected chi connectivity index (χ1v) is 7.79. The highest BCUT2D eigenvalue weighted by Crippen LogP contribution is 2.30. The van der Waals surface area contributed by atoms with Gasteiger partial charge in [-0.25, -0.2) is 13.2 Å². The van der Waals surface area contributed by atoms with Crippen molar-refractivity contribution >= 4 is 27.6 Å². The zero-order valence-electron chi connectivity index (χ0n) is 10.6. The van der Waals surface area contributed by atoms with Gasteiger partial charge in [0.1, 0.15) is 5.01 Å². The summed E-state index contributed by atoms with van der Waals surface area (Å²) in [5, 5.41) is 16.4. The first-order valence-electron chi connectivity index (χ1n) is 6.03. The average Bonchev–Trinajstić information content (AvgIpc) is 3.19. The van der Waals surface area contributed by atoms with Crippen LogP contribution in [0.5, 0.6) is 0 Å². The quantitative estimate of drug-likeness (QED) is 0.519. The van der Waals surface area contributed by atoms with Crippen molar-refractivity contribution in [3.63, 3.8) is 0 Å². The molecule has 22 heavy (non-hydrogen) atoms. The lowest BCUT2D eigenvalue weighted by atomic mass is 10.2. The minimum atomic E-state index is -1.49. The molecule has 0 fully saturated rings.